The maximum Gasteiger partial charge on any atom is 0.261 e. The molecule has 0 saturated carbocycles. The van der Waals surface area contributed by atoms with Gasteiger partial charge in [0.05, 0.1) is 17.6 Å². The number of sulfonamides is 1. The molecule has 1 saturated heterocycles. The van der Waals surface area contributed by atoms with Crippen molar-refractivity contribution in [2.45, 2.75) is 56.8 Å². The van der Waals surface area contributed by atoms with Crippen LogP contribution in [0.15, 0.2) is 47.4 Å². The predicted octanol–water partition coefficient (Wildman–Crippen LogP) is 4.85. The lowest BCUT2D eigenvalue weighted by Crippen LogP contribution is -2.32. The SMILES string of the molecule is CCCCc1ccc(NS(=O)(=O)c2ccc(OC)c(C(=O)N3CCCCCC3)c2)cc1. The van der Waals surface area contributed by atoms with Crippen molar-refractivity contribution in [3.63, 3.8) is 0 Å². The zero-order chi connectivity index (χ0) is 22.3. The molecule has 0 spiro atoms. The lowest BCUT2D eigenvalue weighted by atomic mass is 10.1. The summed E-state index contributed by atoms with van der Waals surface area (Å²) in [6.45, 7) is 3.51. The van der Waals surface area contributed by atoms with Gasteiger partial charge in [0.1, 0.15) is 5.75 Å². The third-order valence-corrected chi connectivity index (χ3v) is 7.01. The molecular weight excluding hydrogens is 412 g/mol. The van der Waals surface area contributed by atoms with Gasteiger partial charge in [-0.2, -0.15) is 0 Å². The number of benzene rings is 2. The van der Waals surface area contributed by atoms with E-state index >= 15 is 0 Å². The second-order valence-electron chi connectivity index (χ2n) is 7.97. The molecular formula is C24H32N2O4S. The van der Waals surface area contributed by atoms with Crippen LogP contribution in [0.4, 0.5) is 5.69 Å². The van der Waals surface area contributed by atoms with Crippen LogP contribution in [0.1, 0.15) is 61.4 Å². The van der Waals surface area contributed by atoms with Crippen LogP contribution in [0.5, 0.6) is 5.75 Å². The molecule has 0 unspecified atom stereocenters. The van der Waals surface area contributed by atoms with Crippen LogP contribution in [0.2, 0.25) is 0 Å². The second-order valence-corrected chi connectivity index (χ2v) is 9.66. The highest BCUT2D eigenvalue weighted by Gasteiger charge is 2.24. The molecule has 1 N–H and O–H groups in total. The lowest BCUT2D eigenvalue weighted by Gasteiger charge is -2.22. The zero-order valence-electron chi connectivity index (χ0n) is 18.4. The summed E-state index contributed by atoms with van der Waals surface area (Å²) in [4.78, 5) is 15.0. The second kappa shape index (κ2) is 10.7. The number of rotatable bonds is 8. The van der Waals surface area contributed by atoms with E-state index in [0.29, 0.717) is 24.5 Å². The number of ether oxygens (including phenoxy) is 1. The van der Waals surface area contributed by atoms with Gasteiger partial charge in [-0.15, -0.1) is 0 Å². The molecule has 0 radical (unpaired) electrons. The van der Waals surface area contributed by atoms with E-state index in [2.05, 4.69) is 11.6 Å². The molecule has 1 fully saturated rings. The fourth-order valence-corrected chi connectivity index (χ4v) is 4.88. The Bertz CT molecular complexity index is 979. The molecule has 1 aliphatic heterocycles. The summed E-state index contributed by atoms with van der Waals surface area (Å²) in [5.41, 5.74) is 1.96. The van der Waals surface area contributed by atoms with Gasteiger partial charge in [0.2, 0.25) is 0 Å². The third kappa shape index (κ3) is 6.00. The minimum absolute atomic E-state index is 0.0431. The van der Waals surface area contributed by atoms with E-state index in [4.69, 9.17) is 4.74 Å². The van der Waals surface area contributed by atoms with Crippen LogP contribution < -0.4 is 9.46 Å². The summed E-state index contributed by atoms with van der Waals surface area (Å²) in [6.07, 6.45) is 7.33. The van der Waals surface area contributed by atoms with Crippen molar-refractivity contribution in [2.24, 2.45) is 0 Å². The van der Waals surface area contributed by atoms with E-state index in [0.717, 1.165) is 44.9 Å². The van der Waals surface area contributed by atoms with Crippen molar-refractivity contribution < 1.29 is 17.9 Å². The Balaban J connectivity index is 1.82. The number of hydrogen-bond acceptors (Lipinski definition) is 4. The number of nitrogens with zero attached hydrogens (tertiary/aromatic N) is 1. The maximum absolute atomic E-state index is 13.1. The van der Waals surface area contributed by atoms with E-state index in [1.165, 1.54) is 24.8 Å². The van der Waals surface area contributed by atoms with E-state index in [1.54, 1.807) is 23.1 Å². The van der Waals surface area contributed by atoms with Gasteiger partial charge in [-0.05, 0) is 61.6 Å². The summed E-state index contributed by atoms with van der Waals surface area (Å²) in [5.74, 6) is 0.199. The molecule has 168 valence electrons. The number of aryl methyl sites for hydroxylation is 1. The number of carbonyl (C=O) groups excluding carboxylic acids is 1. The predicted molar refractivity (Wildman–Crippen MR) is 123 cm³/mol. The molecule has 0 aliphatic carbocycles. The highest BCUT2D eigenvalue weighted by Crippen LogP contribution is 2.26. The molecule has 2 aromatic carbocycles. The number of hydrogen-bond donors (Lipinski definition) is 1. The topological polar surface area (TPSA) is 75.7 Å². The number of likely N-dealkylation sites (tertiary alicyclic amines) is 1. The highest BCUT2D eigenvalue weighted by molar-refractivity contribution is 7.92. The number of nitrogens with one attached hydrogen (secondary N) is 1. The fraction of sp³-hybridized carbons (Fsp3) is 0.458. The molecule has 1 aliphatic rings. The van der Waals surface area contributed by atoms with Gasteiger partial charge >= 0.3 is 0 Å². The number of carbonyl (C=O) groups is 1. The van der Waals surface area contributed by atoms with E-state index < -0.39 is 10.0 Å². The standard InChI is InChI=1S/C24H32N2O4S/c1-3-4-9-19-10-12-20(13-11-19)25-31(28,29)21-14-15-23(30-2)22(18-21)24(27)26-16-7-5-6-8-17-26/h10-15,18,25H,3-9,16-17H2,1-2H3. The van der Waals surface area contributed by atoms with Crippen molar-refractivity contribution in [3.05, 3.63) is 53.6 Å². The number of unbranched alkanes of at least 4 members (excludes halogenated alkanes) is 1. The van der Waals surface area contributed by atoms with Gasteiger partial charge in [0.15, 0.2) is 0 Å². The first-order valence-electron chi connectivity index (χ1n) is 11.0. The first kappa shape index (κ1) is 23.1. The first-order chi connectivity index (χ1) is 14.9. The van der Waals surface area contributed by atoms with Crippen LogP contribution >= 0.6 is 0 Å². The minimum Gasteiger partial charge on any atom is -0.496 e. The zero-order valence-corrected chi connectivity index (χ0v) is 19.2. The van der Waals surface area contributed by atoms with E-state index in [1.807, 2.05) is 12.1 Å². The van der Waals surface area contributed by atoms with Gasteiger partial charge in [-0.25, -0.2) is 8.42 Å². The first-order valence-corrected chi connectivity index (χ1v) is 12.5. The van der Waals surface area contributed by atoms with Gasteiger partial charge in [0.25, 0.3) is 15.9 Å². The maximum atomic E-state index is 13.1. The molecule has 1 amide bonds. The molecule has 2 aromatic rings. The van der Waals surface area contributed by atoms with Gasteiger partial charge < -0.3 is 9.64 Å². The molecule has 31 heavy (non-hydrogen) atoms. The van der Waals surface area contributed by atoms with Gasteiger partial charge in [-0.3, -0.25) is 9.52 Å². The van der Waals surface area contributed by atoms with Crippen molar-refractivity contribution >= 4 is 21.6 Å². The van der Waals surface area contributed by atoms with Crippen LogP contribution in [0.25, 0.3) is 0 Å². The van der Waals surface area contributed by atoms with Crippen LogP contribution in [-0.2, 0) is 16.4 Å². The van der Waals surface area contributed by atoms with Crippen LogP contribution in [0, 0.1) is 0 Å². The Hall–Kier alpha value is -2.54. The average molecular weight is 445 g/mol. The number of anilines is 1. The van der Waals surface area contributed by atoms with Crippen LogP contribution in [-0.4, -0.2) is 39.4 Å². The summed E-state index contributed by atoms with van der Waals surface area (Å²) in [6, 6.07) is 11.9. The Morgan fingerprint density at radius 3 is 2.32 bits per heavy atom. The third-order valence-electron chi connectivity index (χ3n) is 5.63. The van der Waals surface area contributed by atoms with Crippen LogP contribution in [0.3, 0.4) is 0 Å². The lowest BCUT2D eigenvalue weighted by molar-refractivity contribution is 0.0758. The molecule has 1 heterocycles. The molecule has 6 nitrogen and oxygen atoms in total. The van der Waals surface area contributed by atoms with Gasteiger partial charge in [0, 0.05) is 18.8 Å². The Morgan fingerprint density at radius 2 is 1.71 bits per heavy atom. The molecule has 3 rings (SSSR count). The summed E-state index contributed by atoms with van der Waals surface area (Å²) in [7, 11) is -2.35. The number of methoxy groups -OCH3 is 1. The largest absolute Gasteiger partial charge is 0.496 e. The van der Waals surface area contributed by atoms with Crippen molar-refractivity contribution in [1.29, 1.82) is 0 Å². The molecule has 0 atom stereocenters. The van der Waals surface area contributed by atoms with Crippen molar-refractivity contribution in [1.82, 2.24) is 4.90 Å². The summed E-state index contributed by atoms with van der Waals surface area (Å²) in [5, 5.41) is 0. The van der Waals surface area contributed by atoms with Gasteiger partial charge in [-0.1, -0.05) is 38.3 Å². The quantitative estimate of drug-likeness (QED) is 0.631. The minimum atomic E-state index is -3.84. The molecule has 7 heteroatoms. The van der Waals surface area contributed by atoms with E-state index in [-0.39, 0.29) is 16.4 Å². The van der Waals surface area contributed by atoms with E-state index in [9.17, 15) is 13.2 Å². The smallest absolute Gasteiger partial charge is 0.261 e. The number of amides is 1. The molecule has 0 bridgehead atoms. The monoisotopic (exact) mass is 444 g/mol. The fourth-order valence-electron chi connectivity index (χ4n) is 3.80. The summed E-state index contributed by atoms with van der Waals surface area (Å²) >= 11 is 0. The Morgan fingerprint density at radius 1 is 1.03 bits per heavy atom. The normalized spacial score (nSPS) is 14.7. The molecule has 0 aromatic heterocycles. The average Bonchev–Trinajstić information content (AvgIpc) is 3.07. The summed E-state index contributed by atoms with van der Waals surface area (Å²) < 4.78 is 33.9. The van der Waals surface area contributed by atoms with Crippen molar-refractivity contribution in [3.8, 4) is 5.75 Å². The van der Waals surface area contributed by atoms with Crippen molar-refractivity contribution in [2.75, 3.05) is 24.9 Å². The Labute approximate surface area is 185 Å². The Kier molecular flexibility index (Phi) is 7.96. The highest BCUT2D eigenvalue weighted by atomic mass is 32.2.